The summed E-state index contributed by atoms with van der Waals surface area (Å²) in [5.74, 6) is 0. The van der Waals surface area contributed by atoms with Crippen LogP contribution in [-0.2, 0) is 18.9 Å². The smallest absolute Gasteiger partial charge is 0.407 e. The molecule has 1 atom stereocenters. The van der Waals surface area contributed by atoms with Crippen molar-refractivity contribution in [3.63, 3.8) is 0 Å². The molecule has 0 radical (unpaired) electrons. The highest BCUT2D eigenvalue weighted by atomic mass is 16.6. The van der Waals surface area contributed by atoms with Crippen molar-refractivity contribution >= 4 is 6.09 Å². The van der Waals surface area contributed by atoms with E-state index in [1.807, 2.05) is 0 Å². The van der Waals surface area contributed by atoms with Crippen LogP contribution >= 0.6 is 0 Å². The van der Waals surface area contributed by atoms with E-state index in [1.165, 1.54) is 0 Å². The van der Waals surface area contributed by atoms with E-state index in [0.717, 1.165) is 0 Å². The van der Waals surface area contributed by atoms with Gasteiger partial charge in [-0.25, -0.2) is 4.79 Å². The first-order chi connectivity index (χ1) is 9.35. The molecule has 0 rings (SSSR count). The van der Waals surface area contributed by atoms with E-state index in [1.54, 1.807) is 27.9 Å². The van der Waals surface area contributed by atoms with Crippen LogP contribution in [0.5, 0.6) is 0 Å². The number of nitrogens with one attached hydrogen (secondary N) is 1. The summed E-state index contributed by atoms with van der Waals surface area (Å²) < 4.78 is 20.2. The van der Waals surface area contributed by atoms with Gasteiger partial charge in [-0.2, -0.15) is 0 Å². The highest BCUT2D eigenvalue weighted by Gasteiger charge is 2.16. The number of methoxy groups -OCH3 is 1. The Morgan fingerprint density at radius 3 is 2.35 bits per heavy atom. The summed E-state index contributed by atoms with van der Waals surface area (Å²) in [6, 6.07) is 0. The summed E-state index contributed by atoms with van der Waals surface area (Å²) in [4.78, 5) is 11.3. The zero-order chi connectivity index (χ0) is 15.4. The van der Waals surface area contributed by atoms with Crippen molar-refractivity contribution in [1.82, 2.24) is 5.32 Å². The lowest BCUT2D eigenvalue weighted by molar-refractivity contribution is -0.00619. The van der Waals surface area contributed by atoms with Crippen molar-refractivity contribution in [3.8, 4) is 0 Å². The lowest BCUT2D eigenvalue weighted by Gasteiger charge is -2.20. The van der Waals surface area contributed by atoms with Crippen LogP contribution < -0.4 is 5.32 Å². The largest absolute Gasteiger partial charge is 0.444 e. The summed E-state index contributed by atoms with van der Waals surface area (Å²) in [5.41, 5.74) is -0.551. The van der Waals surface area contributed by atoms with Crippen LogP contribution in [0, 0.1) is 0 Å². The highest BCUT2D eigenvalue weighted by molar-refractivity contribution is 5.67. The highest BCUT2D eigenvalue weighted by Crippen LogP contribution is 2.06. The first-order valence-corrected chi connectivity index (χ1v) is 6.64. The maximum atomic E-state index is 11.3. The van der Waals surface area contributed by atoms with Crippen molar-refractivity contribution in [1.29, 1.82) is 0 Å². The number of alkyl carbamates (subject to hydrolysis) is 1. The van der Waals surface area contributed by atoms with Crippen LogP contribution in [0.3, 0.4) is 0 Å². The molecule has 1 amide bonds. The topological polar surface area (TPSA) is 86.3 Å². The van der Waals surface area contributed by atoms with E-state index in [0.29, 0.717) is 26.4 Å². The van der Waals surface area contributed by atoms with Gasteiger partial charge in [0.1, 0.15) is 5.60 Å². The maximum absolute atomic E-state index is 11.3. The molecule has 0 aromatic rings. The molecule has 120 valence electrons. The predicted octanol–water partition coefficient (Wildman–Crippen LogP) is 0.552. The van der Waals surface area contributed by atoms with Gasteiger partial charge >= 0.3 is 6.09 Å². The molecule has 0 aliphatic rings. The Morgan fingerprint density at radius 2 is 1.75 bits per heavy atom. The molecule has 0 aliphatic heterocycles. The number of hydrogen-bond acceptors (Lipinski definition) is 6. The van der Waals surface area contributed by atoms with Gasteiger partial charge in [0.25, 0.3) is 0 Å². The normalized spacial score (nSPS) is 13.1. The van der Waals surface area contributed by atoms with Crippen LogP contribution in [0.25, 0.3) is 0 Å². The molecule has 0 aromatic heterocycles. The molecule has 0 aromatic carbocycles. The average Bonchev–Trinajstić information content (AvgIpc) is 2.33. The van der Waals surface area contributed by atoms with Crippen LogP contribution in [0.1, 0.15) is 20.8 Å². The number of rotatable bonds is 10. The monoisotopic (exact) mass is 293 g/mol. The summed E-state index contributed by atoms with van der Waals surface area (Å²) in [5, 5.41) is 12.0. The number of hydrogen-bond donors (Lipinski definition) is 2. The Balaban J connectivity index is 3.45. The minimum absolute atomic E-state index is 0.0828. The zero-order valence-electron chi connectivity index (χ0n) is 12.8. The fourth-order valence-corrected chi connectivity index (χ4v) is 1.16. The molecule has 7 nitrogen and oxygen atoms in total. The van der Waals surface area contributed by atoms with Gasteiger partial charge in [0.2, 0.25) is 0 Å². The van der Waals surface area contributed by atoms with Gasteiger partial charge in [0.15, 0.2) is 0 Å². The van der Waals surface area contributed by atoms with Crippen LogP contribution in [-0.4, -0.2) is 69.6 Å². The Labute approximate surface area is 120 Å². The van der Waals surface area contributed by atoms with Crippen molar-refractivity contribution in [3.05, 3.63) is 0 Å². The number of aliphatic hydroxyl groups excluding tert-OH is 1. The molecule has 0 saturated carbocycles. The SMILES string of the molecule is COCCOCCOCC(O)CNC(=O)OC(C)(C)C. The Hall–Kier alpha value is -0.890. The van der Waals surface area contributed by atoms with Gasteiger partial charge in [-0.15, -0.1) is 0 Å². The Kier molecular flexibility index (Phi) is 10.4. The maximum Gasteiger partial charge on any atom is 0.407 e. The molecule has 0 spiro atoms. The molecular weight excluding hydrogens is 266 g/mol. The summed E-state index contributed by atoms with van der Waals surface area (Å²) in [6.45, 7) is 7.41. The third-order valence-corrected chi connectivity index (χ3v) is 1.99. The van der Waals surface area contributed by atoms with Gasteiger partial charge in [-0.3, -0.25) is 0 Å². The van der Waals surface area contributed by atoms with E-state index in [2.05, 4.69) is 5.32 Å². The number of aliphatic hydroxyl groups is 1. The van der Waals surface area contributed by atoms with E-state index in [4.69, 9.17) is 18.9 Å². The predicted molar refractivity (Wildman–Crippen MR) is 73.8 cm³/mol. The van der Waals surface area contributed by atoms with Crippen molar-refractivity contribution in [2.45, 2.75) is 32.5 Å². The Morgan fingerprint density at radius 1 is 1.15 bits per heavy atom. The lowest BCUT2D eigenvalue weighted by Crippen LogP contribution is -2.38. The molecule has 0 saturated heterocycles. The molecule has 20 heavy (non-hydrogen) atoms. The van der Waals surface area contributed by atoms with Crippen LogP contribution in [0.15, 0.2) is 0 Å². The van der Waals surface area contributed by atoms with E-state index in [-0.39, 0.29) is 13.2 Å². The fraction of sp³-hybridized carbons (Fsp3) is 0.923. The number of ether oxygens (including phenoxy) is 4. The second-order valence-corrected chi connectivity index (χ2v) is 5.22. The quantitative estimate of drug-likeness (QED) is 0.572. The number of amides is 1. The standard InChI is InChI=1S/C13H27NO6/c1-13(2,3)20-12(16)14-9-11(15)10-19-8-7-18-6-5-17-4/h11,15H,5-10H2,1-4H3,(H,14,16). The second kappa shape index (κ2) is 10.8. The van der Waals surface area contributed by atoms with Crippen molar-refractivity contribution < 1.29 is 28.8 Å². The summed E-state index contributed by atoms with van der Waals surface area (Å²) >= 11 is 0. The molecule has 2 N–H and O–H groups in total. The minimum atomic E-state index is -0.776. The van der Waals surface area contributed by atoms with Gasteiger partial charge < -0.3 is 29.4 Å². The van der Waals surface area contributed by atoms with Gasteiger partial charge in [-0.1, -0.05) is 0 Å². The molecule has 0 aliphatic carbocycles. The Bertz CT molecular complexity index is 254. The third kappa shape index (κ3) is 13.5. The second-order valence-electron chi connectivity index (χ2n) is 5.22. The van der Waals surface area contributed by atoms with Gasteiger partial charge in [-0.05, 0) is 20.8 Å². The summed E-state index contributed by atoms with van der Waals surface area (Å²) in [7, 11) is 1.61. The summed E-state index contributed by atoms with van der Waals surface area (Å²) in [6.07, 6.45) is -1.33. The molecule has 1 unspecified atom stereocenters. The van der Waals surface area contributed by atoms with Gasteiger partial charge in [0, 0.05) is 13.7 Å². The average molecular weight is 293 g/mol. The molecule has 7 heteroatoms. The van der Waals surface area contributed by atoms with Crippen molar-refractivity contribution in [2.24, 2.45) is 0 Å². The minimum Gasteiger partial charge on any atom is -0.444 e. The van der Waals surface area contributed by atoms with Crippen LogP contribution in [0.4, 0.5) is 4.79 Å². The molecular formula is C13H27NO6. The zero-order valence-corrected chi connectivity index (χ0v) is 12.8. The van der Waals surface area contributed by atoms with E-state index in [9.17, 15) is 9.90 Å². The number of carbonyl (C=O) groups excluding carboxylic acids is 1. The third-order valence-electron chi connectivity index (χ3n) is 1.99. The van der Waals surface area contributed by atoms with Crippen molar-refractivity contribution in [2.75, 3.05) is 46.7 Å². The molecule has 0 bridgehead atoms. The molecule has 0 heterocycles. The van der Waals surface area contributed by atoms with Crippen LogP contribution in [0.2, 0.25) is 0 Å². The van der Waals surface area contributed by atoms with Gasteiger partial charge in [0.05, 0.1) is 39.1 Å². The van der Waals surface area contributed by atoms with E-state index < -0.39 is 17.8 Å². The van der Waals surface area contributed by atoms with E-state index >= 15 is 0 Å². The fourth-order valence-electron chi connectivity index (χ4n) is 1.16. The lowest BCUT2D eigenvalue weighted by atomic mass is 10.2. The first-order valence-electron chi connectivity index (χ1n) is 6.64. The first kappa shape index (κ1) is 19.1. The number of carbonyl (C=O) groups is 1. The molecule has 0 fully saturated rings.